The van der Waals surface area contributed by atoms with Gasteiger partial charge >= 0.3 is 0 Å². The Labute approximate surface area is 143 Å². The fourth-order valence-electron chi connectivity index (χ4n) is 4.66. The molecule has 23 heavy (non-hydrogen) atoms. The van der Waals surface area contributed by atoms with Crippen molar-refractivity contribution in [3.63, 3.8) is 0 Å². The minimum Gasteiger partial charge on any atom is -0.304 e. The van der Waals surface area contributed by atoms with Crippen LogP contribution in [0.3, 0.4) is 0 Å². The number of likely N-dealkylation sites (tertiary alicyclic amines) is 2. The predicted octanol–water partition coefficient (Wildman–Crippen LogP) is 1.82. The van der Waals surface area contributed by atoms with Crippen LogP contribution in [-0.4, -0.2) is 97.6 Å². The quantitative estimate of drug-likeness (QED) is 0.783. The number of hydrogen-bond acceptors (Lipinski definition) is 4. The van der Waals surface area contributed by atoms with Crippen LogP contribution in [0, 0.1) is 5.92 Å². The first-order valence-electron chi connectivity index (χ1n) is 10.0. The number of likely N-dealkylation sites (N-methyl/N-ethyl adjacent to an activating group) is 1. The Morgan fingerprint density at radius 1 is 0.783 bits per heavy atom. The molecule has 4 nitrogen and oxygen atoms in total. The minimum atomic E-state index is 0.727. The van der Waals surface area contributed by atoms with E-state index < -0.39 is 0 Å². The molecule has 0 N–H and O–H groups in total. The average molecular weight is 323 g/mol. The van der Waals surface area contributed by atoms with Crippen LogP contribution >= 0.6 is 0 Å². The van der Waals surface area contributed by atoms with Crippen molar-refractivity contribution in [2.45, 2.75) is 51.6 Å². The molecule has 0 unspecified atom stereocenters. The lowest BCUT2D eigenvalue weighted by atomic mass is 9.92. The highest BCUT2D eigenvalue weighted by Crippen LogP contribution is 2.25. The van der Waals surface area contributed by atoms with Crippen molar-refractivity contribution in [3.05, 3.63) is 0 Å². The minimum absolute atomic E-state index is 0.727. The second-order valence-corrected chi connectivity index (χ2v) is 8.44. The Kier molecular flexibility index (Phi) is 6.36. The van der Waals surface area contributed by atoms with Gasteiger partial charge in [0.1, 0.15) is 0 Å². The molecule has 0 amide bonds. The predicted molar refractivity (Wildman–Crippen MR) is 98.0 cm³/mol. The lowest BCUT2D eigenvalue weighted by Gasteiger charge is -2.43. The second-order valence-electron chi connectivity index (χ2n) is 8.44. The van der Waals surface area contributed by atoms with Gasteiger partial charge in [-0.2, -0.15) is 0 Å². The largest absolute Gasteiger partial charge is 0.304 e. The van der Waals surface area contributed by atoms with Gasteiger partial charge in [0.05, 0.1) is 0 Å². The molecular formula is C19H38N4. The molecule has 0 saturated carbocycles. The standard InChI is InChI=1S/C19H38N4/c1-17(2)22-10-6-19(7-11-22)23-8-4-18(5-9-23)16-21-14-12-20(3)13-15-21/h17-19H,4-16H2,1-3H3. The maximum absolute atomic E-state index is 2.82. The molecule has 0 radical (unpaired) electrons. The summed E-state index contributed by atoms with van der Waals surface area (Å²) in [5.41, 5.74) is 0. The summed E-state index contributed by atoms with van der Waals surface area (Å²) in [5, 5.41) is 0. The van der Waals surface area contributed by atoms with E-state index in [4.69, 9.17) is 0 Å². The summed E-state index contributed by atoms with van der Waals surface area (Å²) < 4.78 is 0. The van der Waals surface area contributed by atoms with Gasteiger partial charge in [-0.25, -0.2) is 0 Å². The second kappa shape index (κ2) is 8.28. The molecule has 3 rings (SSSR count). The summed E-state index contributed by atoms with van der Waals surface area (Å²) in [4.78, 5) is 10.6. The van der Waals surface area contributed by atoms with Crippen LogP contribution in [0.15, 0.2) is 0 Å². The van der Waals surface area contributed by atoms with E-state index in [1.54, 1.807) is 0 Å². The molecule has 0 atom stereocenters. The van der Waals surface area contributed by atoms with Crippen LogP contribution in [0.2, 0.25) is 0 Å². The molecule has 0 bridgehead atoms. The van der Waals surface area contributed by atoms with Gasteiger partial charge in [0.2, 0.25) is 0 Å². The molecule has 3 fully saturated rings. The van der Waals surface area contributed by atoms with E-state index in [0.29, 0.717) is 0 Å². The highest BCUT2D eigenvalue weighted by atomic mass is 15.3. The number of hydrogen-bond donors (Lipinski definition) is 0. The van der Waals surface area contributed by atoms with E-state index in [9.17, 15) is 0 Å². The smallest absolute Gasteiger partial charge is 0.0120 e. The third-order valence-corrected chi connectivity index (χ3v) is 6.51. The zero-order valence-corrected chi connectivity index (χ0v) is 15.7. The molecule has 134 valence electrons. The zero-order chi connectivity index (χ0) is 16.2. The Balaban J connectivity index is 1.36. The first kappa shape index (κ1) is 17.7. The number of piperazine rings is 1. The molecule has 3 aliphatic rings. The maximum atomic E-state index is 2.82. The van der Waals surface area contributed by atoms with Gasteiger partial charge in [0, 0.05) is 44.8 Å². The average Bonchev–Trinajstić information content (AvgIpc) is 2.58. The topological polar surface area (TPSA) is 13.0 Å². The molecule has 3 saturated heterocycles. The van der Waals surface area contributed by atoms with E-state index in [0.717, 1.165) is 18.0 Å². The number of nitrogens with zero attached hydrogens (tertiary/aromatic N) is 4. The summed E-state index contributed by atoms with van der Waals surface area (Å²) >= 11 is 0. The zero-order valence-electron chi connectivity index (χ0n) is 15.7. The molecule has 0 spiro atoms. The third kappa shape index (κ3) is 4.91. The van der Waals surface area contributed by atoms with Gasteiger partial charge in [-0.3, -0.25) is 0 Å². The Bertz CT molecular complexity index is 335. The van der Waals surface area contributed by atoms with Crippen molar-refractivity contribution in [3.8, 4) is 0 Å². The van der Waals surface area contributed by atoms with Gasteiger partial charge < -0.3 is 19.6 Å². The highest BCUT2D eigenvalue weighted by Gasteiger charge is 2.29. The highest BCUT2D eigenvalue weighted by molar-refractivity contribution is 4.85. The fourth-order valence-corrected chi connectivity index (χ4v) is 4.66. The maximum Gasteiger partial charge on any atom is 0.0120 e. The van der Waals surface area contributed by atoms with Crippen LogP contribution in [0.5, 0.6) is 0 Å². The van der Waals surface area contributed by atoms with Crippen molar-refractivity contribution in [2.24, 2.45) is 5.92 Å². The van der Waals surface area contributed by atoms with Crippen LogP contribution in [0.4, 0.5) is 0 Å². The van der Waals surface area contributed by atoms with E-state index in [-0.39, 0.29) is 0 Å². The summed E-state index contributed by atoms with van der Waals surface area (Å²) in [5.74, 6) is 0.949. The lowest BCUT2D eigenvalue weighted by Crippen LogP contribution is -2.51. The number of piperidine rings is 2. The van der Waals surface area contributed by atoms with Gasteiger partial charge in [-0.05, 0) is 78.7 Å². The molecule has 4 heteroatoms. The Morgan fingerprint density at radius 2 is 1.39 bits per heavy atom. The van der Waals surface area contributed by atoms with Gasteiger partial charge in [-0.15, -0.1) is 0 Å². The Hall–Kier alpha value is -0.160. The van der Waals surface area contributed by atoms with Crippen molar-refractivity contribution in [1.29, 1.82) is 0 Å². The molecular weight excluding hydrogens is 284 g/mol. The van der Waals surface area contributed by atoms with Crippen LogP contribution in [-0.2, 0) is 0 Å². The molecule has 0 aromatic carbocycles. The molecule has 0 aliphatic carbocycles. The SMILES string of the molecule is CC(C)N1CCC(N2CCC(CN3CCN(C)CC3)CC2)CC1. The Morgan fingerprint density at radius 3 is 1.96 bits per heavy atom. The summed E-state index contributed by atoms with van der Waals surface area (Å²) in [7, 11) is 2.25. The molecule has 3 heterocycles. The lowest BCUT2D eigenvalue weighted by molar-refractivity contribution is 0.0548. The van der Waals surface area contributed by atoms with E-state index in [1.165, 1.54) is 84.6 Å². The summed E-state index contributed by atoms with van der Waals surface area (Å²) in [6.45, 7) is 16.4. The van der Waals surface area contributed by atoms with Gasteiger partial charge in [0.15, 0.2) is 0 Å². The molecule has 0 aromatic heterocycles. The van der Waals surface area contributed by atoms with Crippen LogP contribution in [0.25, 0.3) is 0 Å². The third-order valence-electron chi connectivity index (χ3n) is 6.51. The van der Waals surface area contributed by atoms with Crippen LogP contribution in [0.1, 0.15) is 39.5 Å². The summed E-state index contributed by atoms with van der Waals surface area (Å²) in [6, 6.07) is 1.60. The normalized spacial score (nSPS) is 28.7. The van der Waals surface area contributed by atoms with E-state index >= 15 is 0 Å². The van der Waals surface area contributed by atoms with Crippen molar-refractivity contribution >= 4 is 0 Å². The van der Waals surface area contributed by atoms with Gasteiger partial charge in [0.25, 0.3) is 0 Å². The van der Waals surface area contributed by atoms with E-state index in [1.807, 2.05) is 0 Å². The number of rotatable bonds is 4. The first-order valence-corrected chi connectivity index (χ1v) is 10.0. The monoisotopic (exact) mass is 322 g/mol. The first-order chi connectivity index (χ1) is 11.1. The van der Waals surface area contributed by atoms with Gasteiger partial charge in [-0.1, -0.05) is 0 Å². The van der Waals surface area contributed by atoms with Crippen molar-refractivity contribution in [2.75, 3.05) is 66.0 Å². The fraction of sp³-hybridized carbons (Fsp3) is 1.00. The molecule has 3 aliphatic heterocycles. The molecule has 0 aromatic rings. The van der Waals surface area contributed by atoms with Crippen molar-refractivity contribution in [1.82, 2.24) is 19.6 Å². The van der Waals surface area contributed by atoms with Crippen LogP contribution < -0.4 is 0 Å². The summed E-state index contributed by atoms with van der Waals surface area (Å²) in [6.07, 6.45) is 5.64. The van der Waals surface area contributed by atoms with E-state index in [2.05, 4.69) is 40.5 Å². The van der Waals surface area contributed by atoms with Crippen molar-refractivity contribution < 1.29 is 0 Å².